The van der Waals surface area contributed by atoms with Crippen molar-refractivity contribution in [3.63, 3.8) is 0 Å². The number of para-hydroxylation sites is 3. The summed E-state index contributed by atoms with van der Waals surface area (Å²) in [5.74, 6) is 0. The molecule has 0 aliphatic carbocycles. The van der Waals surface area contributed by atoms with Crippen molar-refractivity contribution in [3.05, 3.63) is 448 Å². The highest BCUT2D eigenvalue weighted by atomic mass is 15.2. The number of benzene rings is 17. The molecule has 0 atom stereocenters. The average Bonchev–Trinajstić information content (AvgIpc) is 0.770. The first kappa shape index (κ1) is 45.8. The maximum Gasteiger partial charge on any atom is 0.0645 e. The van der Waals surface area contributed by atoms with Crippen LogP contribution in [0.1, 0.15) is 27.4 Å². The van der Waals surface area contributed by atoms with Crippen LogP contribution in [0.2, 0.25) is 0 Å². The summed E-state index contributed by atoms with van der Waals surface area (Å²) in [5.41, 5.74) is 16.2. The van der Waals surface area contributed by atoms with E-state index in [4.69, 9.17) is 27.4 Å². The second-order valence-corrected chi connectivity index (χ2v) is 24.2. The van der Waals surface area contributed by atoms with E-state index in [9.17, 15) is 0 Å². The van der Waals surface area contributed by atoms with Gasteiger partial charge in [-0.25, -0.2) is 0 Å². The molecule has 17 aromatic carbocycles. The molecule has 0 unspecified atom stereocenters. The lowest BCUT2D eigenvalue weighted by Gasteiger charge is -2.27. The van der Waals surface area contributed by atoms with Crippen molar-refractivity contribution >= 4 is 79.0 Å². The molecular weight excluding hydrogens is 1260 g/mol. The van der Waals surface area contributed by atoms with Gasteiger partial charge < -0.3 is 19.6 Å². The number of rotatable bonds is 18. The summed E-state index contributed by atoms with van der Waals surface area (Å²) in [6.45, 7) is 0. The number of anilines is 12. The summed E-state index contributed by atoms with van der Waals surface area (Å²) >= 11 is 0. The van der Waals surface area contributed by atoms with Crippen molar-refractivity contribution in [2.45, 2.75) is 0 Å². The number of fused-ring (bicyclic) bond motifs is 1. The normalized spacial score (nSPS) is 13.6. The lowest BCUT2D eigenvalue weighted by atomic mass is 10.0. The molecule has 0 aliphatic rings. The van der Waals surface area contributed by atoms with E-state index in [1.807, 2.05) is 231 Å². The fourth-order valence-corrected chi connectivity index (χ4v) is 12.8. The molecule has 0 saturated carbocycles. The topological polar surface area (TPSA) is 13.0 Å². The van der Waals surface area contributed by atoms with Crippen LogP contribution in [-0.4, -0.2) is 0 Å². The van der Waals surface area contributed by atoms with Gasteiger partial charge in [-0.3, -0.25) is 0 Å². The number of hydrogen-bond acceptors (Lipinski definition) is 4. The predicted molar refractivity (Wildman–Crippen MR) is 442 cm³/mol. The molecule has 17 aromatic rings. The minimum Gasteiger partial charge on any atom is -0.311 e. The van der Waals surface area contributed by atoms with E-state index < -0.39 is 48.3 Å². The molecule has 0 saturated heterocycles. The highest BCUT2D eigenvalue weighted by Gasteiger charge is 2.20. The molecule has 104 heavy (non-hydrogen) atoms. The van der Waals surface area contributed by atoms with Gasteiger partial charge in [-0.05, 0) is 212 Å². The summed E-state index contributed by atoms with van der Waals surface area (Å²) in [7, 11) is 0. The Bertz CT molecular complexity index is 6580. The zero-order chi connectivity index (χ0) is 87.1. The Labute approximate surface area is 638 Å². The first-order valence-electron chi connectivity index (χ1n) is 43.8. The fourth-order valence-electron chi connectivity index (χ4n) is 12.8. The van der Waals surface area contributed by atoms with Crippen molar-refractivity contribution < 1.29 is 27.4 Å². The SMILES string of the molecule is [2H]c1c([2H])c([2H])c(-c2ccc(N(c3ccccc3)c3ccc(-c4ccc(N(c5ccc(-c6c([2H])c([2H])c([2H])c([2H])c6[2H])cc5)c5cccc6ccccc56)cc4)cc3)cc2)c([2H])c1[2H].[2H]c1c([2H])c([2H])c(N(c2ccc(-c3ccccc3)cc2)c2cccc(-c3cccc(N(c4ccc(-c5ccccc5)cc4)c4c([2H])c([2H])c([2H])c([2H])c4[2H])c3)c2)c([2H])c1[2H]. The van der Waals surface area contributed by atoms with Crippen LogP contribution in [-0.2, 0) is 0 Å². The monoisotopic (exact) mass is 1350 g/mol. The third-order valence-corrected chi connectivity index (χ3v) is 17.9. The molecule has 0 bridgehead atoms. The van der Waals surface area contributed by atoms with Gasteiger partial charge in [0, 0.05) is 67.9 Å². The van der Waals surface area contributed by atoms with Crippen LogP contribution in [0.15, 0.2) is 448 Å². The van der Waals surface area contributed by atoms with Gasteiger partial charge in [-0.1, -0.05) is 309 Å². The molecule has 0 aromatic heterocycles. The minimum absolute atomic E-state index is 0.00864. The average molecular weight is 1350 g/mol. The summed E-state index contributed by atoms with van der Waals surface area (Å²) in [5, 5.41) is 2.12. The van der Waals surface area contributed by atoms with E-state index in [2.05, 4.69) is 82.6 Å². The Hall–Kier alpha value is -13.8. The summed E-state index contributed by atoms with van der Waals surface area (Å²) in [4.78, 5) is 7.58. The lowest BCUT2D eigenvalue weighted by Crippen LogP contribution is -2.10. The molecule has 494 valence electrons. The molecule has 0 heterocycles. The maximum absolute atomic E-state index is 8.95. The van der Waals surface area contributed by atoms with Crippen LogP contribution in [0.4, 0.5) is 68.2 Å². The Morgan fingerprint density at radius 3 is 0.779 bits per heavy atom. The van der Waals surface area contributed by atoms with Crippen LogP contribution in [0.3, 0.4) is 0 Å². The van der Waals surface area contributed by atoms with E-state index in [1.165, 1.54) is 0 Å². The van der Waals surface area contributed by atoms with Gasteiger partial charge in [-0.15, -0.1) is 0 Å². The largest absolute Gasteiger partial charge is 0.311 e. The second kappa shape index (κ2) is 30.8. The molecule has 0 fully saturated rings. The van der Waals surface area contributed by atoms with Crippen LogP contribution >= 0.6 is 0 Å². The fraction of sp³-hybridized carbons (Fsp3) is 0. The van der Waals surface area contributed by atoms with Crippen LogP contribution in [0, 0.1) is 0 Å². The number of nitrogens with zero attached hydrogens (tertiary/aromatic N) is 4. The quantitative estimate of drug-likeness (QED) is 0.0849. The van der Waals surface area contributed by atoms with Crippen molar-refractivity contribution in [1.29, 1.82) is 0 Å². The van der Waals surface area contributed by atoms with E-state index in [0.29, 0.717) is 45.0 Å². The smallest absolute Gasteiger partial charge is 0.0645 e. The molecule has 4 nitrogen and oxygen atoms in total. The molecule has 0 aliphatic heterocycles. The van der Waals surface area contributed by atoms with Gasteiger partial charge in [0.2, 0.25) is 0 Å². The highest BCUT2D eigenvalue weighted by molar-refractivity contribution is 5.99. The minimum atomic E-state index is -0.489. The van der Waals surface area contributed by atoms with Gasteiger partial charge in [0.05, 0.1) is 33.1 Å². The summed E-state index contributed by atoms with van der Waals surface area (Å²) in [6.07, 6.45) is 0. The first-order valence-corrected chi connectivity index (χ1v) is 33.8. The Morgan fingerprint density at radius 2 is 0.404 bits per heavy atom. The molecule has 0 amide bonds. The summed E-state index contributed by atoms with van der Waals surface area (Å²) in [6, 6.07) is 97.7. The third-order valence-electron chi connectivity index (χ3n) is 17.9. The Kier molecular flexibility index (Phi) is 13.5. The van der Waals surface area contributed by atoms with Crippen molar-refractivity contribution in [3.8, 4) is 66.8 Å². The zero-order valence-corrected chi connectivity index (χ0v) is 56.0. The van der Waals surface area contributed by atoms with Gasteiger partial charge >= 0.3 is 0 Å². The van der Waals surface area contributed by atoms with E-state index >= 15 is 0 Å². The van der Waals surface area contributed by atoms with Gasteiger partial charge in [0.25, 0.3) is 0 Å². The van der Waals surface area contributed by atoms with E-state index in [0.717, 1.165) is 78.3 Å². The summed E-state index contributed by atoms with van der Waals surface area (Å²) < 4.78 is 169. The van der Waals surface area contributed by atoms with Gasteiger partial charge in [-0.2, -0.15) is 0 Å². The molecule has 17 rings (SSSR count). The van der Waals surface area contributed by atoms with Crippen molar-refractivity contribution in [1.82, 2.24) is 0 Å². The van der Waals surface area contributed by atoms with Crippen molar-refractivity contribution in [2.24, 2.45) is 0 Å². The van der Waals surface area contributed by atoms with E-state index in [-0.39, 0.29) is 95.0 Å². The highest BCUT2D eigenvalue weighted by Crippen LogP contribution is 2.44. The molecule has 0 spiro atoms. The lowest BCUT2D eigenvalue weighted by molar-refractivity contribution is 1.28. The van der Waals surface area contributed by atoms with Gasteiger partial charge in [0.15, 0.2) is 0 Å². The molecular formula is C100H74N4. The number of hydrogen-bond donors (Lipinski definition) is 0. The standard InChI is InChI=1S/C52H38N2.C48H36N2/c1-4-13-39(14-5-1)41-23-31-47(32-24-41)53(46-19-8-3-9-20-46)48-33-25-43(26-34-48)44-29-37-50(38-30-44)54(52-22-12-18-45-17-10-11-21-51(45)52)49-35-27-42(28-36-49)40-15-6-2-7-16-40;1-5-15-37(16-6-1)39-27-31-45(32-28-39)49(43-21-9-3-10-22-43)47-25-13-19-41(35-47)42-20-14-26-48(36-42)50(44-23-11-4-12-24-44)46-33-29-40(30-34-46)38-17-7-2-8-18-38/h1-38H;1-36H/i1D,2D,4D,5D,6D,7D,13D,14D,15D,16D;3D,4D,9D,10D,11D,12D,21D,22D,23D,24D. The second-order valence-electron chi connectivity index (χ2n) is 24.2. The zero-order valence-electron chi connectivity index (χ0n) is 76.0. The maximum atomic E-state index is 8.95. The van der Waals surface area contributed by atoms with Gasteiger partial charge in [0.1, 0.15) is 0 Å². The first-order chi connectivity index (χ1) is 59.9. The molecule has 0 N–H and O–H groups in total. The van der Waals surface area contributed by atoms with Crippen LogP contribution in [0.5, 0.6) is 0 Å². The molecule has 0 radical (unpaired) electrons. The van der Waals surface area contributed by atoms with Crippen LogP contribution in [0.25, 0.3) is 77.5 Å². The van der Waals surface area contributed by atoms with Crippen molar-refractivity contribution in [2.75, 3.05) is 19.6 Å². The Balaban J connectivity index is 0.000000184. The Morgan fingerprint density at radius 1 is 0.154 bits per heavy atom. The van der Waals surface area contributed by atoms with Crippen LogP contribution < -0.4 is 19.6 Å². The molecule has 4 heteroatoms. The third kappa shape index (κ3) is 14.5. The van der Waals surface area contributed by atoms with E-state index in [1.54, 1.807) is 34.1 Å². The predicted octanol–water partition coefficient (Wildman–Crippen LogP) is 28.4.